The molecule has 6 heteroatoms. The first-order valence-electron chi connectivity index (χ1n) is 5.47. The summed E-state index contributed by atoms with van der Waals surface area (Å²) in [7, 11) is 0. The number of halogens is 3. The summed E-state index contributed by atoms with van der Waals surface area (Å²) < 4.78 is 36.3. The first-order valence-corrected chi connectivity index (χ1v) is 6.27. The van der Waals surface area contributed by atoms with E-state index in [0.717, 1.165) is 18.9 Å². The second-order valence-corrected chi connectivity index (χ2v) is 4.48. The number of carbonyl (C=O) groups excluding carboxylic acids is 1. The van der Waals surface area contributed by atoms with Crippen LogP contribution >= 0.6 is 15.9 Å². The third-order valence-electron chi connectivity index (χ3n) is 2.07. The molecule has 0 aromatic heterocycles. The number of esters is 1. The molecule has 3 nitrogen and oxygen atoms in total. The molecule has 0 radical (unpaired) electrons. The lowest BCUT2D eigenvalue weighted by molar-refractivity contribution is -0.146. The molecule has 0 spiro atoms. The Kier molecular flexibility index (Phi) is 6.04. The highest BCUT2D eigenvalue weighted by Crippen LogP contribution is 2.25. The lowest BCUT2D eigenvalue weighted by Gasteiger charge is -2.08. The van der Waals surface area contributed by atoms with Gasteiger partial charge in [-0.2, -0.15) is 4.39 Å². The van der Waals surface area contributed by atoms with Crippen molar-refractivity contribution >= 4 is 21.9 Å². The number of ether oxygens (including phenoxy) is 2. The fourth-order valence-corrected chi connectivity index (χ4v) is 1.55. The van der Waals surface area contributed by atoms with E-state index >= 15 is 0 Å². The summed E-state index contributed by atoms with van der Waals surface area (Å²) in [5.41, 5.74) is 0. The third-order valence-corrected chi connectivity index (χ3v) is 2.52. The second kappa shape index (κ2) is 7.31. The largest absolute Gasteiger partial charge is 0.479 e. The third kappa shape index (κ3) is 4.60. The molecule has 1 aromatic rings. The maximum absolute atomic E-state index is 13.3. The molecule has 0 saturated heterocycles. The van der Waals surface area contributed by atoms with Crippen LogP contribution in [0.2, 0.25) is 0 Å². The summed E-state index contributed by atoms with van der Waals surface area (Å²) in [6.45, 7) is 1.81. The van der Waals surface area contributed by atoms with E-state index in [9.17, 15) is 13.6 Å². The van der Waals surface area contributed by atoms with Crippen LogP contribution < -0.4 is 4.74 Å². The summed E-state index contributed by atoms with van der Waals surface area (Å²) in [6, 6.07) is 2.22. The van der Waals surface area contributed by atoms with Gasteiger partial charge in [-0.3, -0.25) is 0 Å². The summed E-state index contributed by atoms with van der Waals surface area (Å²) in [6.07, 6.45) is 1.66. The van der Waals surface area contributed by atoms with Crippen molar-refractivity contribution in [1.29, 1.82) is 0 Å². The summed E-state index contributed by atoms with van der Waals surface area (Å²) >= 11 is 3.00. The summed E-state index contributed by atoms with van der Waals surface area (Å²) in [4.78, 5) is 11.2. The maximum Gasteiger partial charge on any atom is 0.344 e. The minimum absolute atomic E-state index is 0.300. The average molecular weight is 323 g/mol. The van der Waals surface area contributed by atoms with Crippen molar-refractivity contribution < 1.29 is 23.0 Å². The quantitative estimate of drug-likeness (QED) is 0.457. The van der Waals surface area contributed by atoms with Crippen LogP contribution in [0.15, 0.2) is 16.6 Å². The van der Waals surface area contributed by atoms with E-state index in [1.54, 1.807) is 0 Å². The molecule has 0 atom stereocenters. The number of rotatable bonds is 6. The SMILES string of the molecule is CCCCOC(=O)COc1cc(Br)cc(F)c1F. The van der Waals surface area contributed by atoms with Crippen LogP contribution in [-0.2, 0) is 9.53 Å². The van der Waals surface area contributed by atoms with Gasteiger partial charge in [-0.25, -0.2) is 9.18 Å². The van der Waals surface area contributed by atoms with Crippen LogP contribution in [0.25, 0.3) is 0 Å². The number of hydrogen-bond donors (Lipinski definition) is 0. The normalized spacial score (nSPS) is 10.2. The van der Waals surface area contributed by atoms with E-state index < -0.39 is 24.2 Å². The molecule has 18 heavy (non-hydrogen) atoms. The van der Waals surface area contributed by atoms with Crippen LogP contribution in [0.3, 0.4) is 0 Å². The van der Waals surface area contributed by atoms with Crippen molar-refractivity contribution in [3.8, 4) is 5.75 Å². The molecule has 0 N–H and O–H groups in total. The van der Waals surface area contributed by atoms with Crippen LogP contribution in [0.4, 0.5) is 8.78 Å². The van der Waals surface area contributed by atoms with Crippen molar-refractivity contribution in [2.75, 3.05) is 13.2 Å². The van der Waals surface area contributed by atoms with E-state index in [4.69, 9.17) is 9.47 Å². The number of unbranched alkanes of at least 4 members (excludes halogenated alkanes) is 1. The topological polar surface area (TPSA) is 35.5 Å². The summed E-state index contributed by atoms with van der Waals surface area (Å²) in [5.74, 6) is -3.10. The second-order valence-electron chi connectivity index (χ2n) is 3.56. The number of hydrogen-bond acceptors (Lipinski definition) is 3. The van der Waals surface area contributed by atoms with Gasteiger partial charge in [-0.05, 0) is 18.6 Å². The van der Waals surface area contributed by atoms with Crippen molar-refractivity contribution in [3.05, 3.63) is 28.2 Å². The Morgan fingerprint density at radius 1 is 1.39 bits per heavy atom. The molecule has 0 aliphatic heterocycles. The highest BCUT2D eigenvalue weighted by atomic mass is 79.9. The molecule has 1 aromatic carbocycles. The molecule has 0 unspecified atom stereocenters. The Morgan fingerprint density at radius 3 is 2.78 bits per heavy atom. The first kappa shape index (κ1) is 14.9. The minimum Gasteiger partial charge on any atom is -0.479 e. The molecule has 0 saturated carbocycles. The van der Waals surface area contributed by atoms with Gasteiger partial charge >= 0.3 is 5.97 Å². The molecule has 0 bridgehead atoms. The zero-order valence-corrected chi connectivity index (χ0v) is 11.4. The zero-order valence-electron chi connectivity index (χ0n) is 9.84. The smallest absolute Gasteiger partial charge is 0.344 e. The van der Waals surface area contributed by atoms with E-state index in [1.807, 2.05) is 6.92 Å². The molecule has 0 heterocycles. The fourth-order valence-electron chi connectivity index (χ4n) is 1.15. The molecule has 100 valence electrons. The van der Waals surface area contributed by atoms with E-state index in [-0.39, 0.29) is 5.75 Å². The van der Waals surface area contributed by atoms with Crippen LogP contribution in [0.1, 0.15) is 19.8 Å². The molecule has 0 fully saturated rings. The van der Waals surface area contributed by atoms with Crippen LogP contribution in [0, 0.1) is 11.6 Å². The lowest BCUT2D eigenvalue weighted by atomic mass is 10.3. The van der Waals surface area contributed by atoms with Gasteiger partial charge in [0, 0.05) is 4.47 Å². The Balaban J connectivity index is 2.50. The van der Waals surface area contributed by atoms with Crippen molar-refractivity contribution in [2.45, 2.75) is 19.8 Å². The molecular weight excluding hydrogens is 310 g/mol. The van der Waals surface area contributed by atoms with Gasteiger partial charge in [0.1, 0.15) is 0 Å². The van der Waals surface area contributed by atoms with Crippen molar-refractivity contribution in [1.82, 2.24) is 0 Å². The Bertz CT molecular complexity index is 424. The molecular formula is C12H13BrF2O3. The van der Waals surface area contributed by atoms with E-state index in [2.05, 4.69) is 15.9 Å². The van der Waals surface area contributed by atoms with Gasteiger partial charge in [0.05, 0.1) is 6.61 Å². The summed E-state index contributed by atoms with van der Waals surface area (Å²) in [5, 5.41) is 0. The van der Waals surface area contributed by atoms with Crippen LogP contribution in [0.5, 0.6) is 5.75 Å². The Morgan fingerprint density at radius 2 is 2.11 bits per heavy atom. The van der Waals surface area contributed by atoms with E-state index in [1.165, 1.54) is 6.07 Å². The van der Waals surface area contributed by atoms with Crippen molar-refractivity contribution in [2.24, 2.45) is 0 Å². The highest BCUT2D eigenvalue weighted by Gasteiger charge is 2.13. The Labute approximate surface area is 112 Å². The highest BCUT2D eigenvalue weighted by molar-refractivity contribution is 9.10. The predicted molar refractivity (Wildman–Crippen MR) is 65.4 cm³/mol. The van der Waals surface area contributed by atoms with E-state index in [0.29, 0.717) is 11.1 Å². The van der Waals surface area contributed by atoms with Gasteiger partial charge in [-0.1, -0.05) is 29.3 Å². The minimum atomic E-state index is -1.13. The standard InChI is InChI=1S/C12H13BrF2O3/c1-2-3-4-17-11(16)7-18-10-6-8(13)5-9(14)12(10)15/h5-6H,2-4,7H2,1H3. The lowest BCUT2D eigenvalue weighted by Crippen LogP contribution is -2.16. The predicted octanol–water partition coefficient (Wildman–Crippen LogP) is 3.45. The first-order chi connectivity index (χ1) is 8.54. The molecule has 1 rings (SSSR count). The van der Waals surface area contributed by atoms with Crippen molar-refractivity contribution in [3.63, 3.8) is 0 Å². The average Bonchev–Trinajstić information content (AvgIpc) is 2.32. The molecule has 0 aliphatic carbocycles. The number of carbonyl (C=O) groups is 1. The zero-order chi connectivity index (χ0) is 13.5. The fraction of sp³-hybridized carbons (Fsp3) is 0.417. The van der Waals surface area contributed by atoms with Gasteiger partial charge in [0.25, 0.3) is 0 Å². The molecule has 0 amide bonds. The Hall–Kier alpha value is -1.17. The van der Waals surface area contributed by atoms with Crippen LogP contribution in [-0.4, -0.2) is 19.2 Å². The number of benzene rings is 1. The maximum atomic E-state index is 13.3. The van der Waals surface area contributed by atoms with Gasteiger partial charge in [0.15, 0.2) is 18.2 Å². The molecule has 0 aliphatic rings. The monoisotopic (exact) mass is 322 g/mol. The van der Waals surface area contributed by atoms with Gasteiger partial charge in [-0.15, -0.1) is 0 Å². The van der Waals surface area contributed by atoms with Gasteiger partial charge in [0.2, 0.25) is 5.82 Å². The van der Waals surface area contributed by atoms with Gasteiger partial charge < -0.3 is 9.47 Å².